The van der Waals surface area contributed by atoms with E-state index >= 15 is 0 Å². The van der Waals surface area contributed by atoms with Crippen LogP contribution in [0.2, 0.25) is 0 Å². The highest BCUT2D eigenvalue weighted by Crippen LogP contribution is 2.23. The van der Waals surface area contributed by atoms with Gasteiger partial charge in [-0.05, 0) is 62.3 Å². The summed E-state index contributed by atoms with van der Waals surface area (Å²) < 4.78 is 10.3. The fraction of sp³-hybridized carbons (Fsp3) is 0.458. The van der Waals surface area contributed by atoms with Crippen LogP contribution in [-0.4, -0.2) is 51.2 Å². The smallest absolute Gasteiger partial charge is 0.308 e. The van der Waals surface area contributed by atoms with Crippen molar-refractivity contribution < 1.29 is 14.3 Å². The summed E-state index contributed by atoms with van der Waals surface area (Å²) in [7, 11) is 1.57. The van der Waals surface area contributed by atoms with E-state index in [1.165, 1.54) is 5.56 Å². The second-order valence-electron chi connectivity index (χ2n) is 8.01. The molecule has 0 aromatic carbocycles. The first kappa shape index (κ1) is 22.7. The average molecular weight is 451 g/mol. The maximum absolute atomic E-state index is 12.2. The van der Waals surface area contributed by atoms with Crippen LogP contribution in [0.5, 0.6) is 5.88 Å². The van der Waals surface area contributed by atoms with Gasteiger partial charge < -0.3 is 14.8 Å². The van der Waals surface area contributed by atoms with E-state index in [-0.39, 0.29) is 12.4 Å². The van der Waals surface area contributed by atoms with Gasteiger partial charge in [0.05, 0.1) is 32.0 Å². The van der Waals surface area contributed by atoms with Gasteiger partial charge in [0.2, 0.25) is 5.88 Å². The number of esters is 1. The molecule has 0 radical (unpaired) electrons. The molecule has 1 aliphatic rings. The molecule has 4 rings (SSSR count). The number of nitrogens with zero attached hydrogens (tertiary/aromatic N) is 5. The van der Waals surface area contributed by atoms with E-state index in [0.29, 0.717) is 12.5 Å². The molecule has 174 valence electrons. The van der Waals surface area contributed by atoms with E-state index < -0.39 is 6.04 Å². The van der Waals surface area contributed by atoms with Crippen molar-refractivity contribution in [3.8, 4) is 5.88 Å². The Hall–Kier alpha value is -3.49. The largest absolute Gasteiger partial charge is 0.481 e. The van der Waals surface area contributed by atoms with Crippen molar-refractivity contribution in [1.29, 1.82) is 0 Å². The molecular weight excluding hydrogens is 420 g/mol. The number of methoxy groups -OCH3 is 1. The van der Waals surface area contributed by atoms with Crippen LogP contribution in [0.25, 0.3) is 0 Å². The number of ether oxygens (including phenoxy) is 2. The summed E-state index contributed by atoms with van der Waals surface area (Å²) in [6.07, 6.45) is 8.39. The fourth-order valence-corrected chi connectivity index (χ4v) is 3.95. The van der Waals surface area contributed by atoms with Crippen LogP contribution in [0.1, 0.15) is 54.7 Å². The van der Waals surface area contributed by atoms with Crippen molar-refractivity contribution in [2.24, 2.45) is 0 Å². The number of nitrogens with one attached hydrogen (secondary N) is 1. The number of aryl methyl sites for hydroxylation is 3. The number of carbonyl (C=O) groups is 1. The number of rotatable bonds is 10. The molecule has 1 unspecified atom stereocenters. The van der Waals surface area contributed by atoms with Crippen LogP contribution in [-0.2, 0) is 28.8 Å². The Balaban J connectivity index is 1.41. The zero-order chi connectivity index (χ0) is 23.0. The summed E-state index contributed by atoms with van der Waals surface area (Å²) in [6.45, 7) is 3.11. The first-order valence-corrected chi connectivity index (χ1v) is 11.4. The van der Waals surface area contributed by atoms with Crippen LogP contribution in [0.3, 0.4) is 0 Å². The molecule has 9 heteroatoms. The minimum atomic E-state index is -0.399. The minimum Gasteiger partial charge on any atom is -0.481 e. The van der Waals surface area contributed by atoms with Gasteiger partial charge in [0.25, 0.3) is 0 Å². The fourth-order valence-electron chi connectivity index (χ4n) is 3.95. The Bertz CT molecular complexity index is 1070. The predicted molar refractivity (Wildman–Crippen MR) is 123 cm³/mol. The van der Waals surface area contributed by atoms with Crippen molar-refractivity contribution in [3.05, 3.63) is 59.2 Å². The number of anilines is 1. The second kappa shape index (κ2) is 10.9. The van der Waals surface area contributed by atoms with E-state index in [1.807, 2.05) is 6.07 Å². The molecule has 1 N–H and O–H groups in total. The van der Waals surface area contributed by atoms with Crippen LogP contribution in [0, 0.1) is 0 Å². The number of fused-ring (bicyclic) bond motifs is 1. The van der Waals surface area contributed by atoms with Gasteiger partial charge >= 0.3 is 5.97 Å². The first-order valence-electron chi connectivity index (χ1n) is 11.4. The van der Waals surface area contributed by atoms with Crippen molar-refractivity contribution in [2.45, 2.75) is 51.5 Å². The second-order valence-corrected chi connectivity index (χ2v) is 8.01. The van der Waals surface area contributed by atoms with E-state index in [0.717, 1.165) is 61.4 Å². The third-order valence-electron chi connectivity index (χ3n) is 5.67. The zero-order valence-corrected chi connectivity index (χ0v) is 19.2. The van der Waals surface area contributed by atoms with E-state index in [4.69, 9.17) is 14.5 Å². The molecule has 0 fully saturated rings. The number of aromatic nitrogens is 5. The highest BCUT2D eigenvalue weighted by atomic mass is 16.5. The molecule has 0 spiro atoms. The normalized spacial score (nSPS) is 13.6. The van der Waals surface area contributed by atoms with Crippen LogP contribution < -0.4 is 10.1 Å². The summed E-state index contributed by atoms with van der Waals surface area (Å²) >= 11 is 0. The Morgan fingerprint density at radius 1 is 1.18 bits per heavy atom. The van der Waals surface area contributed by atoms with Crippen molar-refractivity contribution in [2.75, 3.05) is 25.6 Å². The van der Waals surface area contributed by atoms with Gasteiger partial charge in [0.15, 0.2) is 0 Å². The molecule has 0 aliphatic carbocycles. The highest BCUT2D eigenvalue weighted by molar-refractivity contribution is 5.70. The maximum Gasteiger partial charge on any atom is 0.308 e. The number of hydrogen-bond acceptors (Lipinski definition) is 8. The molecule has 3 aromatic rings. The van der Waals surface area contributed by atoms with Crippen LogP contribution >= 0.6 is 0 Å². The van der Waals surface area contributed by atoms with Gasteiger partial charge in [-0.2, -0.15) is 15.0 Å². The lowest BCUT2D eigenvalue weighted by Gasteiger charge is -2.17. The summed E-state index contributed by atoms with van der Waals surface area (Å²) in [5.41, 5.74) is 4.08. The molecule has 33 heavy (non-hydrogen) atoms. The maximum atomic E-state index is 12.2. The average Bonchev–Trinajstić information content (AvgIpc) is 3.31. The van der Waals surface area contributed by atoms with Gasteiger partial charge in [-0.1, -0.05) is 6.07 Å². The van der Waals surface area contributed by atoms with Crippen molar-refractivity contribution in [1.82, 2.24) is 25.0 Å². The van der Waals surface area contributed by atoms with Gasteiger partial charge in [-0.25, -0.2) is 9.97 Å². The molecule has 3 aromatic heterocycles. The van der Waals surface area contributed by atoms with E-state index in [9.17, 15) is 4.79 Å². The van der Waals surface area contributed by atoms with Crippen LogP contribution in [0.15, 0.2) is 36.7 Å². The van der Waals surface area contributed by atoms with Gasteiger partial charge in [0.1, 0.15) is 11.9 Å². The van der Waals surface area contributed by atoms with E-state index in [2.05, 4.69) is 32.6 Å². The highest BCUT2D eigenvalue weighted by Gasteiger charge is 2.22. The summed E-state index contributed by atoms with van der Waals surface area (Å²) in [4.78, 5) is 22.8. The summed E-state index contributed by atoms with van der Waals surface area (Å²) in [5.74, 6) is 1.23. The molecule has 1 aliphatic heterocycles. The predicted octanol–water partition coefficient (Wildman–Crippen LogP) is 3.15. The van der Waals surface area contributed by atoms with Crippen LogP contribution in [0.4, 0.5) is 5.82 Å². The molecule has 0 bridgehead atoms. The lowest BCUT2D eigenvalue weighted by Crippen LogP contribution is -2.19. The molecule has 9 nitrogen and oxygen atoms in total. The molecule has 0 saturated carbocycles. The lowest BCUT2D eigenvalue weighted by atomic mass is 10.1. The Morgan fingerprint density at radius 2 is 2.06 bits per heavy atom. The number of pyridine rings is 2. The Kier molecular flexibility index (Phi) is 7.49. The quantitative estimate of drug-likeness (QED) is 0.470. The van der Waals surface area contributed by atoms with Crippen molar-refractivity contribution >= 4 is 11.8 Å². The number of hydrogen-bond donors (Lipinski definition) is 1. The van der Waals surface area contributed by atoms with Gasteiger partial charge in [0, 0.05) is 24.5 Å². The Labute approximate surface area is 193 Å². The monoisotopic (exact) mass is 450 g/mol. The SMILES string of the molecule is CCOC(=O)CC(c1ccc(OC)nc1)n1ncc(CCCc2ccc3c(n2)NCCC3)n1. The molecule has 0 saturated heterocycles. The topological polar surface area (TPSA) is 104 Å². The third-order valence-corrected chi connectivity index (χ3v) is 5.67. The Morgan fingerprint density at radius 3 is 2.85 bits per heavy atom. The molecular formula is C24H30N6O3. The zero-order valence-electron chi connectivity index (χ0n) is 19.2. The first-order chi connectivity index (χ1) is 16.2. The summed E-state index contributed by atoms with van der Waals surface area (Å²) in [6, 6.07) is 7.54. The van der Waals surface area contributed by atoms with E-state index in [1.54, 1.807) is 37.3 Å². The third kappa shape index (κ3) is 5.85. The summed E-state index contributed by atoms with van der Waals surface area (Å²) in [5, 5.41) is 12.5. The molecule has 4 heterocycles. The number of carbonyl (C=O) groups excluding carboxylic acids is 1. The lowest BCUT2D eigenvalue weighted by molar-refractivity contribution is -0.143. The molecule has 1 atom stereocenters. The van der Waals surface area contributed by atoms with Crippen molar-refractivity contribution in [3.63, 3.8) is 0 Å². The van der Waals surface area contributed by atoms with Gasteiger partial charge in [-0.3, -0.25) is 4.79 Å². The standard InChI is InChI=1S/C24H30N6O3/c1-3-33-23(31)14-21(18-10-12-22(32-2)26-15-18)30-27-16-20(29-30)8-4-7-19-11-9-17-6-5-13-25-24(17)28-19/h9-12,15-16,21H,3-8,13-14H2,1-2H3,(H,25,28). The molecule has 0 amide bonds. The van der Waals surface area contributed by atoms with Gasteiger partial charge in [-0.15, -0.1) is 0 Å². The minimum absolute atomic E-state index is 0.127.